The molecule has 2 aromatic rings. The lowest BCUT2D eigenvalue weighted by Gasteiger charge is -2.23. The van der Waals surface area contributed by atoms with E-state index in [1.165, 1.54) is 0 Å². The number of nitrogens with zero attached hydrogens (tertiary/aromatic N) is 4. The van der Waals surface area contributed by atoms with E-state index < -0.39 is 15.6 Å². The highest BCUT2D eigenvalue weighted by atomic mass is 32.2. The lowest BCUT2D eigenvalue weighted by atomic mass is 10.0. The van der Waals surface area contributed by atoms with Crippen LogP contribution in [0.25, 0.3) is 0 Å². The molecule has 3 rings (SSSR count). The highest BCUT2D eigenvalue weighted by molar-refractivity contribution is 7.90. The molecule has 0 saturated heterocycles. The second kappa shape index (κ2) is 6.25. The largest absolute Gasteiger partial charge is 0.259 e. The smallest absolute Gasteiger partial charge is 0.215 e. The summed E-state index contributed by atoms with van der Waals surface area (Å²) in [6.07, 6.45) is 5.83. The molecule has 1 N–H and O–H groups in total. The van der Waals surface area contributed by atoms with Crippen molar-refractivity contribution in [3.8, 4) is 0 Å². The van der Waals surface area contributed by atoms with E-state index in [-0.39, 0.29) is 11.3 Å². The molecule has 0 unspecified atom stereocenters. The maximum atomic E-state index is 12.2. The molecule has 0 aliphatic heterocycles. The van der Waals surface area contributed by atoms with E-state index in [0.29, 0.717) is 5.69 Å². The zero-order valence-corrected chi connectivity index (χ0v) is 15.0. The van der Waals surface area contributed by atoms with Gasteiger partial charge in [-0.1, -0.05) is 18.2 Å². The standard InChI is InChI=1S/C16H23N5O2S/c1-4-14(13-7-5-6-10-17-13)21-11-15(18-20-21)16(2,3)19-24(22,23)12-8-9-12/h5-7,10-12,14,19H,4,8-9H2,1-3H3/t14-/m1/s1. The van der Waals surface area contributed by atoms with Gasteiger partial charge in [-0.05, 0) is 45.2 Å². The molecule has 1 fully saturated rings. The van der Waals surface area contributed by atoms with Crippen LogP contribution in [0.3, 0.4) is 0 Å². The quantitative estimate of drug-likeness (QED) is 0.825. The maximum absolute atomic E-state index is 12.2. The Hall–Kier alpha value is -1.80. The highest BCUT2D eigenvalue weighted by Gasteiger charge is 2.40. The van der Waals surface area contributed by atoms with E-state index in [1.54, 1.807) is 17.1 Å². The summed E-state index contributed by atoms with van der Waals surface area (Å²) in [6.45, 7) is 5.67. The van der Waals surface area contributed by atoms with Crippen LogP contribution in [0, 0.1) is 0 Å². The van der Waals surface area contributed by atoms with Gasteiger partial charge in [-0.2, -0.15) is 0 Å². The number of hydrogen-bond acceptors (Lipinski definition) is 5. The predicted molar refractivity (Wildman–Crippen MR) is 90.8 cm³/mol. The Morgan fingerprint density at radius 1 is 1.38 bits per heavy atom. The lowest BCUT2D eigenvalue weighted by molar-refractivity contribution is 0.458. The summed E-state index contributed by atoms with van der Waals surface area (Å²) >= 11 is 0. The zero-order chi connectivity index (χ0) is 17.4. The molecule has 1 aliphatic carbocycles. The summed E-state index contributed by atoms with van der Waals surface area (Å²) in [4.78, 5) is 4.39. The Morgan fingerprint density at radius 2 is 2.12 bits per heavy atom. The molecule has 0 spiro atoms. The minimum Gasteiger partial charge on any atom is -0.259 e. The van der Waals surface area contributed by atoms with Gasteiger partial charge in [0.05, 0.1) is 28.7 Å². The van der Waals surface area contributed by atoms with Crippen LogP contribution in [0.2, 0.25) is 0 Å². The summed E-state index contributed by atoms with van der Waals surface area (Å²) in [5, 5.41) is 8.16. The van der Waals surface area contributed by atoms with E-state index >= 15 is 0 Å². The molecule has 24 heavy (non-hydrogen) atoms. The van der Waals surface area contributed by atoms with Crippen LogP contribution in [0.5, 0.6) is 0 Å². The molecule has 7 nitrogen and oxygen atoms in total. The van der Waals surface area contributed by atoms with Gasteiger partial charge in [0, 0.05) is 6.20 Å². The van der Waals surface area contributed by atoms with E-state index in [1.807, 2.05) is 32.0 Å². The summed E-state index contributed by atoms with van der Waals surface area (Å²) in [7, 11) is -3.30. The average Bonchev–Trinajstić information content (AvgIpc) is 3.28. The first kappa shape index (κ1) is 17.0. The highest BCUT2D eigenvalue weighted by Crippen LogP contribution is 2.31. The third-order valence-electron chi connectivity index (χ3n) is 4.25. The van der Waals surface area contributed by atoms with Crippen molar-refractivity contribution in [2.75, 3.05) is 0 Å². The van der Waals surface area contributed by atoms with E-state index in [9.17, 15) is 8.42 Å². The van der Waals surface area contributed by atoms with Gasteiger partial charge < -0.3 is 0 Å². The Morgan fingerprint density at radius 3 is 2.71 bits per heavy atom. The molecule has 0 radical (unpaired) electrons. The number of aromatic nitrogens is 4. The normalized spacial score (nSPS) is 17.0. The molecule has 1 atom stereocenters. The second-order valence-corrected chi connectivity index (χ2v) is 8.69. The fourth-order valence-corrected chi connectivity index (χ4v) is 4.43. The lowest BCUT2D eigenvalue weighted by Crippen LogP contribution is -2.42. The van der Waals surface area contributed by atoms with E-state index in [0.717, 1.165) is 25.0 Å². The number of rotatable bonds is 7. The third-order valence-corrected chi connectivity index (χ3v) is 6.39. The molecule has 2 aromatic heterocycles. The first-order valence-electron chi connectivity index (χ1n) is 8.19. The molecule has 0 amide bonds. The third kappa shape index (κ3) is 3.49. The first-order chi connectivity index (χ1) is 11.3. The Labute approximate surface area is 142 Å². The topological polar surface area (TPSA) is 89.8 Å². The molecular formula is C16H23N5O2S. The van der Waals surface area contributed by atoms with Gasteiger partial charge in [-0.25, -0.2) is 17.8 Å². The van der Waals surface area contributed by atoms with Crippen LogP contribution in [0.15, 0.2) is 30.6 Å². The molecular weight excluding hydrogens is 326 g/mol. The molecule has 1 aliphatic rings. The summed E-state index contributed by atoms with van der Waals surface area (Å²) < 4.78 is 29.0. The molecule has 130 valence electrons. The molecule has 0 aromatic carbocycles. The van der Waals surface area contributed by atoms with Gasteiger partial charge in [0.25, 0.3) is 0 Å². The van der Waals surface area contributed by atoms with Crippen LogP contribution >= 0.6 is 0 Å². The van der Waals surface area contributed by atoms with Crippen molar-refractivity contribution in [2.24, 2.45) is 0 Å². The van der Waals surface area contributed by atoms with Crippen LogP contribution in [0.1, 0.15) is 57.5 Å². The van der Waals surface area contributed by atoms with Crippen LogP contribution in [-0.4, -0.2) is 33.6 Å². The first-order valence-corrected chi connectivity index (χ1v) is 9.74. The average molecular weight is 349 g/mol. The van der Waals surface area contributed by atoms with Gasteiger partial charge in [-0.3, -0.25) is 4.98 Å². The van der Waals surface area contributed by atoms with Gasteiger partial charge in [0.1, 0.15) is 5.69 Å². The number of sulfonamides is 1. The van der Waals surface area contributed by atoms with Crippen molar-refractivity contribution in [3.63, 3.8) is 0 Å². The van der Waals surface area contributed by atoms with Gasteiger partial charge in [0.2, 0.25) is 10.0 Å². The predicted octanol–water partition coefficient (Wildman–Crippen LogP) is 1.99. The monoisotopic (exact) mass is 349 g/mol. The zero-order valence-electron chi connectivity index (χ0n) is 14.2. The van der Waals surface area contributed by atoms with Crippen molar-refractivity contribution in [3.05, 3.63) is 42.0 Å². The van der Waals surface area contributed by atoms with E-state index in [2.05, 4.69) is 26.9 Å². The maximum Gasteiger partial charge on any atom is 0.215 e. The number of pyridine rings is 1. The Kier molecular flexibility index (Phi) is 4.44. The van der Waals surface area contributed by atoms with Crippen LogP contribution in [-0.2, 0) is 15.6 Å². The van der Waals surface area contributed by atoms with Crippen molar-refractivity contribution in [2.45, 2.75) is 56.9 Å². The molecule has 1 saturated carbocycles. The Bertz CT molecular complexity index is 797. The minimum atomic E-state index is -3.30. The second-order valence-electron chi connectivity index (χ2n) is 6.73. The fraction of sp³-hybridized carbons (Fsp3) is 0.562. The Balaban J connectivity index is 1.83. The van der Waals surface area contributed by atoms with Crippen LogP contribution < -0.4 is 4.72 Å². The SMILES string of the molecule is CC[C@H](c1ccccn1)n1cc(C(C)(C)NS(=O)(=O)C2CC2)nn1. The van der Waals surface area contributed by atoms with Crippen molar-refractivity contribution < 1.29 is 8.42 Å². The number of nitrogens with one attached hydrogen (secondary N) is 1. The number of hydrogen-bond donors (Lipinski definition) is 1. The fourth-order valence-electron chi connectivity index (χ4n) is 2.69. The minimum absolute atomic E-state index is 0.0247. The van der Waals surface area contributed by atoms with Crippen molar-refractivity contribution in [1.29, 1.82) is 0 Å². The summed E-state index contributed by atoms with van der Waals surface area (Å²) in [6, 6.07) is 5.74. The van der Waals surface area contributed by atoms with Gasteiger partial charge in [-0.15, -0.1) is 5.10 Å². The summed E-state index contributed by atoms with van der Waals surface area (Å²) in [5.74, 6) is 0. The van der Waals surface area contributed by atoms with Gasteiger partial charge >= 0.3 is 0 Å². The molecule has 8 heteroatoms. The van der Waals surface area contributed by atoms with E-state index in [4.69, 9.17) is 0 Å². The molecule has 2 heterocycles. The van der Waals surface area contributed by atoms with Gasteiger partial charge in [0.15, 0.2) is 0 Å². The van der Waals surface area contributed by atoms with Crippen LogP contribution in [0.4, 0.5) is 0 Å². The van der Waals surface area contributed by atoms with Crippen molar-refractivity contribution in [1.82, 2.24) is 24.7 Å². The molecule has 0 bridgehead atoms. The summed E-state index contributed by atoms with van der Waals surface area (Å²) in [5.41, 5.74) is 0.705. The van der Waals surface area contributed by atoms with Crippen molar-refractivity contribution >= 4 is 10.0 Å².